The number of hydrogen-bond donors (Lipinski definition) is 1. The third-order valence-electron chi connectivity index (χ3n) is 5.40. The van der Waals surface area contributed by atoms with Crippen molar-refractivity contribution < 1.29 is 28.4 Å². The Balaban J connectivity index is 1.77. The first kappa shape index (κ1) is 19.7. The topological polar surface area (TPSA) is 121 Å². The average Bonchev–Trinajstić information content (AvgIpc) is 3.14. The number of amidine groups is 1. The lowest BCUT2D eigenvalue weighted by Gasteiger charge is -2.34. The van der Waals surface area contributed by atoms with Gasteiger partial charge < -0.3 is 15.2 Å². The maximum absolute atomic E-state index is 13.1. The highest BCUT2D eigenvalue weighted by Crippen LogP contribution is 2.35. The first-order chi connectivity index (χ1) is 14.4. The van der Waals surface area contributed by atoms with Gasteiger partial charge in [-0.15, -0.1) is 0 Å². The van der Waals surface area contributed by atoms with E-state index in [0.29, 0.717) is 36.4 Å². The van der Waals surface area contributed by atoms with Crippen LogP contribution in [0.5, 0.6) is 11.5 Å². The molecule has 0 spiro atoms. The highest BCUT2D eigenvalue weighted by molar-refractivity contribution is 6.24. The number of carbonyl (C=O) groups excluding carboxylic acids is 3. The molecule has 1 aromatic rings. The van der Waals surface area contributed by atoms with Crippen molar-refractivity contribution in [2.45, 2.75) is 12.5 Å². The zero-order valence-corrected chi connectivity index (χ0v) is 17.0. The predicted octanol–water partition coefficient (Wildman–Crippen LogP) is -0.558. The first-order valence-corrected chi connectivity index (χ1v) is 9.46. The van der Waals surface area contributed by atoms with Gasteiger partial charge in [-0.1, -0.05) is 4.99 Å². The zero-order valence-electron chi connectivity index (χ0n) is 17.0. The molecular formula is C19H23N6O5+. The molecule has 3 aliphatic heterocycles. The summed E-state index contributed by atoms with van der Waals surface area (Å²) in [5.41, 5.74) is 6.01. The minimum absolute atomic E-state index is 0.333. The van der Waals surface area contributed by atoms with Crippen LogP contribution in [-0.2, 0) is 9.59 Å². The fourth-order valence-electron chi connectivity index (χ4n) is 3.99. The molecule has 11 heteroatoms. The van der Waals surface area contributed by atoms with Gasteiger partial charge in [0, 0.05) is 19.5 Å². The molecule has 1 aromatic carbocycles. The van der Waals surface area contributed by atoms with Crippen LogP contribution in [0, 0.1) is 0 Å². The van der Waals surface area contributed by atoms with Crippen molar-refractivity contribution in [3.8, 4) is 11.5 Å². The van der Waals surface area contributed by atoms with Gasteiger partial charge >= 0.3 is 12.0 Å². The van der Waals surface area contributed by atoms with Gasteiger partial charge in [-0.05, 0) is 12.1 Å². The molecule has 1 atom stereocenters. The molecule has 158 valence electrons. The van der Waals surface area contributed by atoms with Crippen molar-refractivity contribution in [1.82, 2.24) is 9.80 Å². The Hall–Kier alpha value is -3.63. The SMILES string of the molecule is COc1ccc(N2CCC[N+]3=C2N=C2C3C(=O)N(CC(N)=O)C(=O)N2C)c(OC)c1. The van der Waals surface area contributed by atoms with Crippen LogP contribution in [0.4, 0.5) is 10.5 Å². The molecule has 2 N–H and O–H groups in total. The summed E-state index contributed by atoms with van der Waals surface area (Å²) in [4.78, 5) is 45.8. The Labute approximate surface area is 172 Å². The Bertz CT molecular complexity index is 1000. The number of benzene rings is 1. The molecule has 11 nitrogen and oxygen atoms in total. The van der Waals surface area contributed by atoms with Crippen LogP contribution in [0.1, 0.15) is 6.42 Å². The molecule has 0 aromatic heterocycles. The maximum atomic E-state index is 13.1. The van der Waals surface area contributed by atoms with Crippen LogP contribution in [0.3, 0.4) is 0 Å². The second-order valence-corrected chi connectivity index (χ2v) is 7.14. The van der Waals surface area contributed by atoms with Gasteiger partial charge in [-0.25, -0.2) is 14.3 Å². The monoisotopic (exact) mass is 415 g/mol. The average molecular weight is 415 g/mol. The Morgan fingerprint density at radius 1 is 1.30 bits per heavy atom. The summed E-state index contributed by atoms with van der Waals surface area (Å²) in [6.07, 6.45) is 0.763. The molecule has 3 aliphatic rings. The van der Waals surface area contributed by atoms with Crippen LogP contribution >= 0.6 is 0 Å². The van der Waals surface area contributed by atoms with E-state index >= 15 is 0 Å². The Morgan fingerprint density at radius 2 is 2.07 bits per heavy atom. The van der Waals surface area contributed by atoms with Gasteiger partial charge in [0.1, 0.15) is 18.0 Å². The molecule has 0 radical (unpaired) electrons. The summed E-state index contributed by atoms with van der Waals surface area (Å²) >= 11 is 0. The Kier molecular flexibility index (Phi) is 4.80. The number of anilines is 1. The minimum atomic E-state index is -0.783. The number of imide groups is 1. The molecule has 4 amide bonds. The van der Waals surface area contributed by atoms with E-state index in [4.69, 9.17) is 15.2 Å². The quantitative estimate of drug-likeness (QED) is 0.644. The van der Waals surface area contributed by atoms with Gasteiger partial charge in [-0.2, -0.15) is 0 Å². The number of fused-ring (bicyclic) bond motifs is 2. The molecule has 3 heterocycles. The fraction of sp³-hybridized carbons (Fsp3) is 0.421. The summed E-state index contributed by atoms with van der Waals surface area (Å²) < 4.78 is 12.7. The van der Waals surface area contributed by atoms with Gasteiger partial charge in [-0.3, -0.25) is 19.4 Å². The molecule has 0 aliphatic carbocycles. The number of hydrogen-bond acceptors (Lipinski definition) is 7. The van der Waals surface area contributed by atoms with E-state index < -0.39 is 30.4 Å². The summed E-state index contributed by atoms with van der Waals surface area (Å²) in [6.45, 7) is 0.778. The second-order valence-electron chi connectivity index (χ2n) is 7.14. The number of guanidine groups is 1. The number of rotatable bonds is 5. The number of ether oxygens (including phenoxy) is 2. The van der Waals surface area contributed by atoms with E-state index in [1.165, 1.54) is 11.9 Å². The molecule has 4 rings (SSSR count). The van der Waals surface area contributed by atoms with Gasteiger partial charge in [0.05, 0.1) is 27.3 Å². The van der Waals surface area contributed by atoms with Crippen LogP contribution in [0.15, 0.2) is 23.2 Å². The van der Waals surface area contributed by atoms with Crippen molar-refractivity contribution in [2.75, 3.05) is 45.8 Å². The maximum Gasteiger partial charge on any atom is 0.397 e. The zero-order chi connectivity index (χ0) is 21.6. The normalized spacial score (nSPS) is 20.8. The van der Waals surface area contributed by atoms with Gasteiger partial charge in [0.15, 0.2) is 5.75 Å². The lowest BCUT2D eigenvalue weighted by atomic mass is 10.1. The van der Waals surface area contributed by atoms with Crippen LogP contribution in [0.2, 0.25) is 0 Å². The van der Waals surface area contributed by atoms with Crippen LogP contribution in [-0.4, -0.2) is 91.0 Å². The Morgan fingerprint density at radius 3 is 2.73 bits per heavy atom. The molecular weight excluding hydrogens is 392 g/mol. The van der Waals surface area contributed by atoms with Crippen LogP contribution in [0.25, 0.3) is 0 Å². The highest BCUT2D eigenvalue weighted by Gasteiger charge is 2.54. The number of nitrogens with zero attached hydrogens (tertiary/aromatic N) is 5. The van der Waals surface area contributed by atoms with E-state index in [1.54, 1.807) is 20.3 Å². The molecule has 1 fully saturated rings. The van der Waals surface area contributed by atoms with Crippen molar-refractivity contribution in [3.05, 3.63) is 18.2 Å². The van der Waals surface area contributed by atoms with Crippen molar-refractivity contribution in [1.29, 1.82) is 0 Å². The van der Waals surface area contributed by atoms with E-state index in [9.17, 15) is 14.4 Å². The number of urea groups is 1. The van der Waals surface area contributed by atoms with E-state index in [1.807, 2.05) is 21.6 Å². The van der Waals surface area contributed by atoms with Gasteiger partial charge in [0.25, 0.3) is 5.91 Å². The van der Waals surface area contributed by atoms with E-state index in [-0.39, 0.29) is 0 Å². The smallest absolute Gasteiger partial charge is 0.397 e. The van der Waals surface area contributed by atoms with E-state index in [0.717, 1.165) is 17.0 Å². The molecule has 30 heavy (non-hydrogen) atoms. The molecule has 0 bridgehead atoms. The third kappa shape index (κ3) is 2.93. The lowest BCUT2D eigenvalue weighted by molar-refractivity contribution is -0.539. The van der Waals surface area contributed by atoms with Gasteiger partial charge in [0.2, 0.25) is 17.8 Å². The summed E-state index contributed by atoms with van der Waals surface area (Å²) in [7, 11) is 4.68. The van der Waals surface area contributed by atoms with E-state index in [2.05, 4.69) is 4.99 Å². The summed E-state index contributed by atoms with van der Waals surface area (Å²) in [5, 5.41) is 0. The highest BCUT2D eigenvalue weighted by atomic mass is 16.5. The first-order valence-electron chi connectivity index (χ1n) is 9.46. The van der Waals surface area contributed by atoms with Crippen molar-refractivity contribution in [3.63, 3.8) is 0 Å². The molecule has 0 saturated carbocycles. The largest absolute Gasteiger partial charge is 0.497 e. The lowest BCUT2D eigenvalue weighted by Crippen LogP contribution is -2.64. The predicted molar refractivity (Wildman–Crippen MR) is 107 cm³/mol. The summed E-state index contributed by atoms with van der Waals surface area (Å²) in [6, 6.07) is 4.06. The number of aliphatic imine (C=N–C) groups is 1. The molecule has 1 saturated heterocycles. The number of amides is 4. The standard InChI is InChI=1S/C19H22N6O5/c1-22-16-15(17(27)25(19(22)28)10-14(20)26)24-8-4-7-23(18(24)21-16)12-6-5-11(29-2)9-13(12)30-3/h5-6,9,15H,4,7-8,10H2,1-3H3,(H-,20,26)/p+1. The number of likely N-dealkylation sites (N-methyl/N-ethyl adjacent to an activating group) is 1. The minimum Gasteiger partial charge on any atom is -0.497 e. The fourth-order valence-corrected chi connectivity index (χ4v) is 3.99. The van der Waals surface area contributed by atoms with Crippen molar-refractivity contribution >= 4 is 35.3 Å². The van der Waals surface area contributed by atoms with Crippen LogP contribution < -0.4 is 20.1 Å². The van der Waals surface area contributed by atoms with Crippen molar-refractivity contribution in [2.24, 2.45) is 10.7 Å². The summed E-state index contributed by atoms with van der Waals surface area (Å²) in [5.74, 6) is 0.886. The number of carbonyl (C=O) groups is 3. The number of nitrogens with two attached hydrogens (primary N) is 1. The second kappa shape index (κ2) is 7.32. The molecule has 1 unspecified atom stereocenters. The number of primary amides is 1. The number of methoxy groups -OCH3 is 2. The third-order valence-corrected chi connectivity index (χ3v) is 5.40.